The minimum Gasteiger partial charge on any atom is -0.481 e. The van der Waals surface area contributed by atoms with Gasteiger partial charge in [0, 0.05) is 26.1 Å². The predicted molar refractivity (Wildman–Crippen MR) is 96.9 cm³/mol. The summed E-state index contributed by atoms with van der Waals surface area (Å²) in [5.41, 5.74) is -0.161. The Morgan fingerprint density at radius 3 is 2.23 bits per heavy atom. The number of sulfonamides is 1. The highest BCUT2D eigenvalue weighted by molar-refractivity contribution is 7.89. The second-order valence-corrected chi connectivity index (χ2v) is 9.15. The molecular weight excluding hydrogens is 356 g/mol. The number of benzene rings is 1. The van der Waals surface area contributed by atoms with Crippen molar-refractivity contribution >= 4 is 21.9 Å². The topological polar surface area (TPSA) is 104 Å². The smallest absolute Gasteiger partial charge is 0.310 e. The van der Waals surface area contributed by atoms with Crippen molar-refractivity contribution in [2.45, 2.75) is 57.0 Å². The van der Waals surface area contributed by atoms with E-state index < -0.39 is 21.4 Å². The van der Waals surface area contributed by atoms with Crippen LogP contribution in [0.2, 0.25) is 0 Å². The van der Waals surface area contributed by atoms with Crippen LogP contribution in [0.25, 0.3) is 0 Å². The van der Waals surface area contributed by atoms with Crippen molar-refractivity contribution in [1.29, 1.82) is 0 Å². The molecule has 0 atom stereocenters. The standard InChI is InChI=1S/C18H26N2O5S/c1-13(2)20(3)26(24,25)15-7-5-14(6-8-15)12-19-16(21)11-18(17(22)23)9-4-10-18/h5-8,13H,4,9-12H2,1-3H3,(H,19,21)(H,22,23). The van der Waals surface area contributed by atoms with Gasteiger partial charge in [0.15, 0.2) is 0 Å². The molecule has 0 radical (unpaired) electrons. The highest BCUT2D eigenvalue weighted by Gasteiger charge is 2.45. The van der Waals surface area contributed by atoms with Crippen molar-refractivity contribution in [3.63, 3.8) is 0 Å². The molecule has 144 valence electrons. The molecule has 0 spiro atoms. The van der Waals surface area contributed by atoms with E-state index in [1.807, 2.05) is 0 Å². The van der Waals surface area contributed by atoms with E-state index in [4.69, 9.17) is 0 Å². The zero-order valence-corrected chi connectivity index (χ0v) is 16.2. The third kappa shape index (κ3) is 4.24. The number of carbonyl (C=O) groups excluding carboxylic acids is 1. The first-order valence-corrected chi connectivity index (χ1v) is 10.1. The van der Waals surface area contributed by atoms with Crippen LogP contribution in [0.3, 0.4) is 0 Å². The molecule has 8 heteroatoms. The third-order valence-electron chi connectivity index (χ3n) is 5.08. The van der Waals surface area contributed by atoms with Crippen molar-refractivity contribution in [1.82, 2.24) is 9.62 Å². The number of carbonyl (C=O) groups is 2. The molecule has 1 fully saturated rings. The Morgan fingerprint density at radius 2 is 1.81 bits per heavy atom. The number of amides is 1. The summed E-state index contributed by atoms with van der Waals surface area (Å²) in [5, 5.41) is 12.0. The minimum absolute atomic E-state index is 0.0199. The maximum atomic E-state index is 12.4. The lowest BCUT2D eigenvalue weighted by molar-refractivity contribution is -0.157. The number of hydrogen-bond acceptors (Lipinski definition) is 4. The van der Waals surface area contributed by atoms with Gasteiger partial charge in [0.05, 0.1) is 10.3 Å². The van der Waals surface area contributed by atoms with Crippen LogP contribution >= 0.6 is 0 Å². The van der Waals surface area contributed by atoms with Gasteiger partial charge < -0.3 is 10.4 Å². The Balaban J connectivity index is 1.95. The van der Waals surface area contributed by atoms with Gasteiger partial charge in [-0.3, -0.25) is 9.59 Å². The van der Waals surface area contributed by atoms with Crippen molar-refractivity contribution in [3.8, 4) is 0 Å². The lowest BCUT2D eigenvalue weighted by Gasteiger charge is -2.36. The molecule has 1 amide bonds. The number of rotatable bonds is 8. The molecular formula is C18H26N2O5S. The number of nitrogens with zero attached hydrogens (tertiary/aromatic N) is 1. The SMILES string of the molecule is CC(C)N(C)S(=O)(=O)c1ccc(CNC(=O)CC2(C(=O)O)CCC2)cc1. The molecule has 2 N–H and O–H groups in total. The summed E-state index contributed by atoms with van der Waals surface area (Å²) >= 11 is 0. The van der Waals surface area contributed by atoms with Crippen LogP contribution < -0.4 is 5.32 Å². The van der Waals surface area contributed by atoms with Crippen LogP contribution in [0.15, 0.2) is 29.2 Å². The summed E-state index contributed by atoms with van der Waals surface area (Å²) in [6, 6.07) is 6.18. The Kier molecular flexibility index (Phi) is 6.08. The highest BCUT2D eigenvalue weighted by atomic mass is 32.2. The van der Waals surface area contributed by atoms with Gasteiger partial charge in [-0.15, -0.1) is 0 Å². The van der Waals surface area contributed by atoms with E-state index >= 15 is 0 Å². The predicted octanol–water partition coefficient (Wildman–Crippen LogP) is 1.98. The monoisotopic (exact) mass is 382 g/mol. The van der Waals surface area contributed by atoms with Crippen molar-refractivity contribution < 1.29 is 23.1 Å². The number of aliphatic carboxylic acids is 1. The fourth-order valence-corrected chi connectivity index (χ4v) is 4.23. The Bertz CT molecular complexity index is 767. The summed E-state index contributed by atoms with van der Waals surface area (Å²) in [6.45, 7) is 3.83. The zero-order chi connectivity index (χ0) is 19.5. The van der Waals surface area contributed by atoms with Crippen molar-refractivity contribution in [3.05, 3.63) is 29.8 Å². The fourth-order valence-electron chi connectivity index (χ4n) is 2.86. The molecule has 1 saturated carbocycles. The number of carboxylic acids is 1. The second-order valence-electron chi connectivity index (χ2n) is 7.15. The van der Waals surface area contributed by atoms with Gasteiger partial charge in [0.1, 0.15) is 0 Å². The van der Waals surface area contributed by atoms with Crippen LogP contribution in [0.1, 0.15) is 45.1 Å². The Hall–Kier alpha value is -1.93. The summed E-state index contributed by atoms with van der Waals surface area (Å²) in [5.74, 6) is -1.22. The molecule has 0 saturated heterocycles. The normalized spacial score (nSPS) is 16.3. The van der Waals surface area contributed by atoms with Gasteiger partial charge in [-0.25, -0.2) is 8.42 Å². The summed E-state index contributed by atoms with van der Waals surface area (Å²) in [6.07, 6.45) is 1.88. The molecule has 1 aromatic rings. The van der Waals surface area contributed by atoms with Crippen LogP contribution in [-0.2, 0) is 26.2 Å². The maximum absolute atomic E-state index is 12.4. The Labute approximate surface area is 154 Å². The number of hydrogen-bond donors (Lipinski definition) is 2. The Morgan fingerprint density at radius 1 is 1.23 bits per heavy atom. The first-order valence-electron chi connectivity index (χ1n) is 8.65. The summed E-state index contributed by atoms with van der Waals surface area (Å²) in [7, 11) is -2.00. The highest BCUT2D eigenvalue weighted by Crippen LogP contribution is 2.44. The zero-order valence-electron chi connectivity index (χ0n) is 15.4. The van der Waals surface area contributed by atoms with Crippen molar-refractivity contribution in [2.24, 2.45) is 5.41 Å². The van der Waals surface area contributed by atoms with E-state index in [-0.39, 0.29) is 29.8 Å². The van der Waals surface area contributed by atoms with E-state index in [2.05, 4.69) is 5.32 Å². The average Bonchev–Trinajstić information content (AvgIpc) is 2.55. The summed E-state index contributed by atoms with van der Waals surface area (Å²) < 4.78 is 26.1. The largest absolute Gasteiger partial charge is 0.481 e. The lowest BCUT2D eigenvalue weighted by Crippen LogP contribution is -2.42. The molecule has 0 unspecified atom stereocenters. The first-order chi connectivity index (χ1) is 12.1. The fraction of sp³-hybridized carbons (Fsp3) is 0.556. The van der Waals surface area contributed by atoms with Crippen LogP contribution in [0.5, 0.6) is 0 Å². The van der Waals surface area contributed by atoms with Crippen molar-refractivity contribution in [2.75, 3.05) is 7.05 Å². The molecule has 0 bridgehead atoms. The van der Waals surface area contributed by atoms with Gasteiger partial charge in [-0.05, 0) is 44.4 Å². The van der Waals surface area contributed by atoms with Crippen LogP contribution in [0, 0.1) is 5.41 Å². The van der Waals surface area contributed by atoms with E-state index in [1.54, 1.807) is 26.0 Å². The number of nitrogens with one attached hydrogen (secondary N) is 1. The molecule has 1 aliphatic rings. The lowest BCUT2D eigenvalue weighted by atomic mass is 9.66. The molecule has 0 aliphatic heterocycles. The number of carboxylic acid groups (broad SMARTS) is 1. The second kappa shape index (κ2) is 7.75. The molecule has 1 aliphatic carbocycles. The minimum atomic E-state index is -3.53. The molecule has 1 aromatic carbocycles. The maximum Gasteiger partial charge on any atom is 0.310 e. The molecule has 0 heterocycles. The quantitative estimate of drug-likeness (QED) is 0.715. The summed E-state index contributed by atoms with van der Waals surface area (Å²) in [4.78, 5) is 23.5. The van der Waals surface area contributed by atoms with E-state index in [0.29, 0.717) is 12.8 Å². The average molecular weight is 382 g/mol. The molecule has 2 rings (SSSR count). The van der Waals surface area contributed by atoms with E-state index in [9.17, 15) is 23.1 Å². The molecule has 7 nitrogen and oxygen atoms in total. The first kappa shape index (κ1) is 20.4. The molecule has 26 heavy (non-hydrogen) atoms. The van der Waals surface area contributed by atoms with E-state index in [1.165, 1.54) is 23.5 Å². The molecule has 0 aromatic heterocycles. The van der Waals surface area contributed by atoms with Gasteiger partial charge in [-0.1, -0.05) is 18.6 Å². The van der Waals surface area contributed by atoms with E-state index in [0.717, 1.165) is 12.0 Å². The van der Waals surface area contributed by atoms with Crippen LogP contribution in [0.4, 0.5) is 0 Å². The third-order valence-corrected chi connectivity index (χ3v) is 7.13. The van der Waals surface area contributed by atoms with Gasteiger partial charge in [0.25, 0.3) is 0 Å². The van der Waals surface area contributed by atoms with Gasteiger partial charge in [0.2, 0.25) is 15.9 Å². The van der Waals surface area contributed by atoms with Crippen LogP contribution in [-0.4, -0.2) is 42.8 Å². The van der Waals surface area contributed by atoms with Gasteiger partial charge in [-0.2, -0.15) is 4.31 Å². The van der Waals surface area contributed by atoms with Gasteiger partial charge >= 0.3 is 5.97 Å².